The van der Waals surface area contributed by atoms with Crippen molar-refractivity contribution in [1.82, 2.24) is 0 Å². The van der Waals surface area contributed by atoms with Gasteiger partial charge in [0.25, 0.3) is 0 Å². The molecule has 0 aromatic heterocycles. The lowest BCUT2D eigenvalue weighted by Crippen LogP contribution is -2.02. The predicted molar refractivity (Wildman–Crippen MR) is 64.9 cm³/mol. The van der Waals surface area contributed by atoms with E-state index in [1.54, 1.807) is 11.8 Å². The van der Waals surface area contributed by atoms with Gasteiger partial charge in [0.2, 0.25) is 0 Å². The van der Waals surface area contributed by atoms with Gasteiger partial charge in [0.15, 0.2) is 5.78 Å². The summed E-state index contributed by atoms with van der Waals surface area (Å²) in [5.41, 5.74) is 0.763. The largest absolute Gasteiger partial charge is 0.494 e. The average molecular weight is 224 g/mol. The number of carbonyl (C=O) groups is 1. The van der Waals surface area contributed by atoms with Gasteiger partial charge < -0.3 is 4.74 Å². The molecule has 1 aromatic rings. The molecule has 0 saturated carbocycles. The van der Waals surface area contributed by atoms with Gasteiger partial charge in [-0.2, -0.15) is 11.8 Å². The molecule has 15 heavy (non-hydrogen) atoms. The first-order valence-corrected chi connectivity index (χ1v) is 6.27. The third kappa shape index (κ3) is 3.96. The molecule has 1 rings (SSSR count). The fourth-order valence-electron chi connectivity index (χ4n) is 1.18. The van der Waals surface area contributed by atoms with Crippen molar-refractivity contribution in [3.05, 3.63) is 29.8 Å². The van der Waals surface area contributed by atoms with Crippen molar-refractivity contribution in [3.8, 4) is 5.75 Å². The van der Waals surface area contributed by atoms with Crippen LogP contribution in [0, 0.1) is 0 Å². The van der Waals surface area contributed by atoms with Crippen molar-refractivity contribution >= 4 is 17.5 Å². The van der Waals surface area contributed by atoms with Crippen LogP contribution in [-0.2, 0) is 0 Å². The first kappa shape index (κ1) is 12.1. The summed E-state index contributed by atoms with van der Waals surface area (Å²) in [5, 5.41) is 0. The lowest BCUT2D eigenvalue weighted by Gasteiger charge is -2.04. The zero-order chi connectivity index (χ0) is 11.1. The topological polar surface area (TPSA) is 26.3 Å². The van der Waals surface area contributed by atoms with Crippen LogP contribution in [0.4, 0.5) is 0 Å². The van der Waals surface area contributed by atoms with E-state index in [4.69, 9.17) is 4.74 Å². The number of hydrogen-bond acceptors (Lipinski definition) is 3. The van der Waals surface area contributed by atoms with Gasteiger partial charge >= 0.3 is 0 Å². The zero-order valence-corrected chi connectivity index (χ0v) is 9.97. The van der Waals surface area contributed by atoms with Gasteiger partial charge in [0.05, 0.1) is 12.4 Å². The van der Waals surface area contributed by atoms with Gasteiger partial charge in [0.1, 0.15) is 5.75 Å². The molecule has 0 atom stereocenters. The molecule has 0 N–H and O–H groups in total. The summed E-state index contributed by atoms with van der Waals surface area (Å²) >= 11 is 1.64. The minimum Gasteiger partial charge on any atom is -0.494 e. The molecule has 0 unspecified atom stereocenters. The van der Waals surface area contributed by atoms with E-state index < -0.39 is 0 Å². The van der Waals surface area contributed by atoms with E-state index in [1.165, 1.54) is 0 Å². The number of rotatable bonds is 6. The Balaban J connectivity index is 2.58. The van der Waals surface area contributed by atoms with Crippen molar-refractivity contribution in [3.63, 3.8) is 0 Å². The SMILES string of the molecule is CCOc1ccc(C(=O)CSCC)cc1. The number of ketones is 1. The Labute approximate surface area is 95.0 Å². The number of thioether (sulfide) groups is 1. The van der Waals surface area contributed by atoms with Crippen molar-refractivity contribution in [2.24, 2.45) is 0 Å². The van der Waals surface area contributed by atoms with E-state index in [2.05, 4.69) is 6.92 Å². The Hall–Kier alpha value is -0.960. The maximum Gasteiger partial charge on any atom is 0.172 e. The predicted octanol–water partition coefficient (Wildman–Crippen LogP) is 3.02. The molecule has 0 bridgehead atoms. The van der Waals surface area contributed by atoms with Crippen molar-refractivity contribution in [2.45, 2.75) is 13.8 Å². The molecule has 0 aliphatic heterocycles. The smallest absolute Gasteiger partial charge is 0.172 e. The van der Waals surface area contributed by atoms with E-state index >= 15 is 0 Å². The summed E-state index contributed by atoms with van der Waals surface area (Å²) in [4.78, 5) is 11.6. The Morgan fingerprint density at radius 1 is 1.27 bits per heavy atom. The fraction of sp³-hybridized carbons (Fsp3) is 0.417. The molecule has 3 heteroatoms. The third-order valence-corrected chi connectivity index (χ3v) is 2.80. The Bertz CT molecular complexity index is 306. The molecule has 0 amide bonds. The summed E-state index contributed by atoms with van der Waals surface area (Å²) in [7, 11) is 0. The minimum atomic E-state index is 0.185. The number of carbonyl (C=O) groups excluding carboxylic acids is 1. The minimum absolute atomic E-state index is 0.185. The lowest BCUT2D eigenvalue weighted by molar-refractivity contribution is 0.102. The molecule has 0 aliphatic rings. The highest BCUT2D eigenvalue weighted by Crippen LogP contribution is 2.14. The van der Waals surface area contributed by atoms with Gasteiger partial charge in [0, 0.05) is 5.56 Å². The molecule has 1 aromatic carbocycles. The van der Waals surface area contributed by atoms with Gasteiger partial charge in [-0.15, -0.1) is 0 Å². The summed E-state index contributed by atoms with van der Waals surface area (Å²) in [5.74, 6) is 2.54. The van der Waals surface area contributed by atoms with Crippen LogP contribution >= 0.6 is 11.8 Å². The van der Waals surface area contributed by atoms with Crippen molar-refractivity contribution in [1.29, 1.82) is 0 Å². The second-order valence-electron chi connectivity index (χ2n) is 3.02. The monoisotopic (exact) mass is 224 g/mol. The molecule has 0 radical (unpaired) electrons. The molecular weight excluding hydrogens is 208 g/mol. The summed E-state index contributed by atoms with van der Waals surface area (Å²) in [6, 6.07) is 7.33. The first-order chi connectivity index (χ1) is 7.27. The van der Waals surface area contributed by atoms with Crippen LogP contribution in [0.25, 0.3) is 0 Å². The van der Waals surface area contributed by atoms with Gasteiger partial charge in [-0.1, -0.05) is 6.92 Å². The maximum atomic E-state index is 11.6. The quantitative estimate of drug-likeness (QED) is 0.695. The van der Waals surface area contributed by atoms with E-state index in [0.29, 0.717) is 12.4 Å². The number of hydrogen-bond donors (Lipinski definition) is 0. The van der Waals surface area contributed by atoms with Crippen LogP contribution in [0.5, 0.6) is 5.75 Å². The molecule has 0 fully saturated rings. The number of ether oxygens (including phenoxy) is 1. The summed E-state index contributed by atoms with van der Waals surface area (Å²) in [6.45, 7) is 4.64. The fourth-order valence-corrected chi connectivity index (χ4v) is 1.74. The molecular formula is C12H16O2S. The average Bonchev–Trinajstić information content (AvgIpc) is 2.27. The van der Waals surface area contributed by atoms with Gasteiger partial charge in [-0.25, -0.2) is 0 Å². The first-order valence-electron chi connectivity index (χ1n) is 5.11. The van der Waals surface area contributed by atoms with E-state index in [-0.39, 0.29) is 5.78 Å². The molecule has 2 nitrogen and oxygen atoms in total. The lowest BCUT2D eigenvalue weighted by atomic mass is 10.1. The Morgan fingerprint density at radius 2 is 1.93 bits per heavy atom. The zero-order valence-electron chi connectivity index (χ0n) is 9.16. The third-order valence-electron chi connectivity index (χ3n) is 1.92. The number of Topliss-reactive ketones (excluding diaryl/α,β-unsaturated/α-hetero) is 1. The Morgan fingerprint density at radius 3 is 2.47 bits per heavy atom. The molecule has 0 heterocycles. The van der Waals surface area contributed by atoms with Crippen LogP contribution in [0.15, 0.2) is 24.3 Å². The van der Waals surface area contributed by atoms with E-state index in [0.717, 1.165) is 17.1 Å². The summed E-state index contributed by atoms with van der Waals surface area (Å²) in [6.07, 6.45) is 0. The van der Waals surface area contributed by atoms with Crippen LogP contribution in [0.1, 0.15) is 24.2 Å². The molecule has 0 aliphatic carbocycles. The second kappa shape index (κ2) is 6.51. The highest BCUT2D eigenvalue weighted by Gasteiger charge is 2.04. The van der Waals surface area contributed by atoms with Crippen molar-refractivity contribution in [2.75, 3.05) is 18.1 Å². The Kier molecular flexibility index (Phi) is 5.26. The molecule has 82 valence electrons. The molecule has 0 spiro atoms. The normalized spacial score (nSPS) is 10.0. The van der Waals surface area contributed by atoms with Crippen LogP contribution < -0.4 is 4.74 Å². The van der Waals surface area contributed by atoms with Crippen molar-refractivity contribution < 1.29 is 9.53 Å². The van der Waals surface area contributed by atoms with Crippen LogP contribution in [-0.4, -0.2) is 23.9 Å². The van der Waals surface area contributed by atoms with Crippen LogP contribution in [0.3, 0.4) is 0 Å². The van der Waals surface area contributed by atoms with E-state index in [9.17, 15) is 4.79 Å². The maximum absolute atomic E-state index is 11.6. The highest BCUT2D eigenvalue weighted by molar-refractivity contribution is 7.99. The molecule has 0 saturated heterocycles. The number of benzene rings is 1. The summed E-state index contributed by atoms with van der Waals surface area (Å²) < 4.78 is 5.31. The highest BCUT2D eigenvalue weighted by atomic mass is 32.2. The second-order valence-corrected chi connectivity index (χ2v) is 4.29. The standard InChI is InChI=1S/C12H16O2S/c1-3-14-11-7-5-10(6-8-11)12(13)9-15-4-2/h5-8H,3-4,9H2,1-2H3. The van der Waals surface area contributed by atoms with Gasteiger partial charge in [-0.05, 0) is 36.9 Å². The van der Waals surface area contributed by atoms with Gasteiger partial charge in [-0.3, -0.25) is 4.79 Å². The van der Waals surface area contributed by atoms with Crippen LogP contribution in [0.2, 0.25) is 0 Å². The van der Waals surface area contributed by atoms with E-state index in [1.807, 2.05) is 31.2 Å².